The molecule has 6 N–H and O–H groups in total. The molecule has 0 radical (unpaired) electrons. The predicted molar refractivity (Wildman–Crippen MR) is 118 cm³/mol. The Morgan fingerprint density at radius 2 is 1.74 bits per heavy atom. The van der Waals surface area contributed by atoms with Crippen LogP contribution in [0.3, 0.4) is 0 Å². The summed E-state index contributed by atoms with van der Waals surface area (Å²) in [4.78, 5) is 27.8. The van der Waals surface area contributed by atoms with Gasteiger partial charge in [0, 0.05) is 50.9 Å². The summed E-state index contributed by atoms with van der Waals surface area (Å²) in [5.74, 6) is -4.66. The second-order valence-corrected chi connectivity index (χ2v) is 10.7. The second-order valence-electron chi connectivity index (χ2n) is 10.7. The summed E-state index contributed by atoms with van der Waals surface area (Å²) < 4.78 is 55.2. The maximum absolute atomic E-state index is 15.1. The normalized spacial score (nSPS) is 41.2. The minimum atomic E-state index is -2.72. The summed E-state index contributed by atoms with van der Waals surface area (Å²) in [6.07, 6.45) is -3.16. The Kier molecular flexibility index (Phi) is 7.09. The predicted octanol–water partition coefficient (Wildman–Crippen LogP) is -0.904. The van der Waals surface area contributed by atoms with Crippen LogP contribution in [-0.2, 0) is 9.59 Å². The second kappa shape index (κ2) is 9.82. The Morgan fingerprint density at radius 1 is 1.03 bits per heavy atom. The number of Topliss-reactive ketones (excluding diaryl/α,β-unsaturated/α-hetero) is 1. The van der Waals surface area contributed by atoms with Crippen molar-refractivity contribution in [2.24, 2.45) is 23.5 Å². The molecule has 13 heteroatoms. The minimum Gasteiger partial charge on any atom is -0.350 e. The van der Waals surface area contributed by atoms with E-state index in [0.717, 1.165) is 0 Å². The van der Waals surface area contributed by atoms with Crippen molar-refractivity contribution in [2.45, 2.75) is 68.4 Å². The number of hydrogen-bond donors (Lipinski definition) is 5. The first-order valence-electron chi connectivity index (χ1n) is 12.6. The van der Waals surface area contributed by atoms with E-state index in [1.807, 2.05) is 4.90 Å². The molecule has 7 atom stereocenters. The molecule has 0 bridgehead atoms. The molecule has 4 heterocycles. The zero-order valence-corrected chi connectivity index (χ0v) is 19.6. The number of hydrogen-bond acceptors (Lipinski definition) is 8. The zero-order chi connectivity index (χ0) is 24.9. The Morgan fingerprint density at radius 3 is 2.43 bits per heavy atom. The number of likely N-dealkylation sites (tertiary alicyclic amines) is 1. The number of carbonyl (C=O) groups excluding carboxylic acids is 2. The third kappa shape index (κ3) is 5.08. The summed E-state index contributed by atoms with van der Waals surface area (Å²) in [5.41, 5.74) is 9.09. The average molecular weight is 506 g/mol. The van der Waals surface area contributed by atoms with Crippen LogP contribution in [0.4, 0.5) is 17.6 Å². The van der Waals surface area contributed by atoms with E-state index < -0.39 is 54.5 Å². The van der Waals surface area contributed by atoms with Gasteiger partial charge in [-0.2, -0.15) is 0 Å². The molecule has 0 aromatic carbocycles. The van der Waals surface area contributed by atoms with Crippen molar-refractivity contribution >= 4 is 11.7 Å². The summed E-state index contributed by atoms with van der Waals surface area (Å²) in [5, 5.41) is 10.6. The Hall–Kier alpha value is -1.38. The summed E-state index contributed by atoms with van der Waals surface area (Å²) in [6.45, 7) is 1.74. The number of fused-ring (bicyclic) bond motifs is 1. The van der Waals surface area contributed by atoms with Gasteiger partial charge in [-0.3, -0.25) is 19.8 Å². The van der Waals surface area contributed by atoms with Crippen LogP contribution in [0.25, 0.3) is 0 Å². The number of hydrazine groups is 1. The number of nitrogens with zero attached hydrogens (tertiary/aromatic N) is 2. The Balaban J connectivity index is 1.19. The number of ketones is 1. The van der Waals surface area contributed by atoms with Gasteiger partial charge in [0.25, 0.3) is 0 Å². The molecule has 5 aliphatic rings. The maximum atomic E-state index is 15.1. The lowest BCUT2D eigenvalue weighted by Gasteiger charge is -2.46. The molecule has 35 heavy (non-hydrogen) atoms. The van der Waals surface area contributed by atoms with E-state index >= 15 is 4.39 Å². The molecular weight excluding hydrogens is 470 g/mol. The minimum absolute atomic E-state index is 0.0923. The fraction of sp³-hybridized carbons (Fsp3) is 0.909. The van der Waals surface area contributed by atoms with E-state index in [9.17, 15) is 22.8 Å². The van der Waals surface area contributed by atoms with Crippen molar-refractivity contribution in [1.29, 1.82) is 0 Å². The molecule has 7 unspecified atom stereocenters. The van der Waals surface area contributed by atoms with Crippen LogP contribution in [0.15, 0.2) is 0 Å². The first-order valence-corrected chi connectivity index (χ1v) is 12.6. The van der Waals surface area contributed by atoms with Gasteiger partial charge in [0.2, 0.25) is 11.8 Å². The highest BCUT2D eigenvalue weighted by Crippen LogP contribution is 2.44. The van der Waals surface area contributed by atoms with E-state index in [-0.39, 0.29) is 50.1 Å². The Labute approximate surface area is 201 Å². The van der Waals surface area contributed by atoms with Crippen LogP contribution in [0.2, 0.25) is 0 Å². The van der Waals surface area contributed by atoms with Crippen molar-refractivity contribution in [3.8, 4) is 0 Å². The summed E-state index contributed by atoms with van der Waals surface area (Å²) >= 11 is 0. The molecule has 4 aliphatic heterocycles. The molecule has 1 saturated carbocycles. The monoisotopic (exact) mass is 505 g/mol. The third-order valence-corrected chi connectivity index (χ3v) is 8.28. The molecule has 0 aromatic heterocycles. The van der Waals surface area contributed by atoms with Gasteiger partial charge in [-0.15, -0.1) is 0 Å². The fourth-order valence-corrected chi connectivity index (χ4v) is 6.43. The molecule has 0 spiro atoms. The highest BCUT2D eigenvalue weighted by molar-refractivity contribution is 5.84. The molecular formula is C22H35F4N7O2. The molecule has 4 saturated heterocycles. The summed E-state index contributed by atoms with van der Waals surface area (Å²) in [6, 6.07) is -1.08. The first kappa shape index (κ1) is 25.3. The van der Waals surface area contributed by atoms with Gasteiger partial charge in [0.05, 0.1) is 30.3 Å². The number of alkyl halides is 4. The van der Waals surface area contributed by atoms with Gasteiger partial charge >= 0.3 is 0 Å². The number of rotatable bonds is 5. The van der Waals surface area contributed by atoms with Crippen LogP contribution in [0.1, 0.15) is 25.7 Å². The number of nitrogens with one attached hydrogen (secondary N) is 4. The fourth-order valence-electron chi connectivity index (χ4n) is 6.43. The first-order chi connectivity index (χ1) is 16.6. The van der Waals surface area contributed by atoms with Crippen molar-refractivity contribution < 1.29 is 27.2 Å². The highest BCUT2D eigenvalue weighted by atomic mass is 19.3. The maximum Gasteiger partial charge on any atom is 0.249 e. The smallest absolute Gasteiger partial charge is 0.249 e. The Bertz CT molecular complexity index is 807. The molecule has 1 aliphatic carbocycles. The lowest BCUT2D eigenvalue weighted by Crippen LogP contribution is -2.67. The van der Waals surface area contributed by atoms with Crippen molar-refractivity contribution in [1.82, 2.24) is 31.3 Å². The zero-order valence-electron chi connectivity index (χ0n) is 19.6. The van der Waals surface area contributed by atoms with E-state index in [0.29, 0.717) is 32.5 Å². The van der Waals surface area contributed by atoms with Gasteiger partial charge in [-0.25, -0.2) is 28.0 Å². The topological polar surface area (TPSA) is 115 Å². The highest BCUT2D eigenvalue weighted by Gasteiger charge is 2.51. The third-order valence-electron chi connectivity index (χ3n) is 8.28. The lowest BCUT2D eigenvalue weighted by molar-refractivity contribution is -0.153. The molecule has 5 rings (SSSR count). The average Bonchev–Trinajstić information content (AvgIpc) is 3.12. The van der Waals surface area contributed by atoms with Crippen LogP contribution in [-0.4, -0.2) is 104 Å². The van der Waals surface area contributed by atoms with Gasteiger partial charge in [0.15, 0.2) is 0 Å². The van der Waals surface area contributed by atoms with E-state index in [4.69, 9.17) is 5.73 Å². The molecule has 5 fully saturated rings. The lowest BCUT2D eigenvalue weighted by atomic mass is 9.73. The van der Waals surface area contributed by atoms with Crippen LogP contribution in [0, 0.1) is 17.8 Å². The number of nitrogens with two attached hydrogens (primary N) is 1. The number of piperidine rings is 2. The van der Waals surface area contributed by atoms with Crippen LogP contribution >= 0.6 is 0 Å². The number of halogens is 4. The SMILES string of the molecule is NC1NN2CC(F)CNC2C1C(=O)NC1CNCC(F)C1N1CCC(C(=O)C2CC(F)(F)C2)CC1. The van der Waals surface area contributed by atoms with Gasteiger partial charge in [-0.1, -0.05) is 0 Å². The van der Waals surface area contributed by atoms with Crippen molar-refractivity contribution in [2.75, 3.05) is 39.3 Å². The molecule has 9 nitrogen and oxygen atoms in total. The van der Waals surface area contributed by atoms with Crippen molar-refractivity contribution in [3.63, 3.8) is 0 Å². The van der Waals surface area contributed by atoms with E-state index in [1.165, 1.54) is 0 Å². The van der Waals surface area contributed by atoms with E-state index in [1.54, 1.807) is 5.01 Å². The standard InChI is InChI=1S/C22H35F4N7O2/c23-13-7-29-20-16(19(27)31-33(20)10-13)21(35)30-15-9-28-8-14(24)17(15)32-3-1-11(2-4-32)18(34)12-5-22(25,26)6-12/h11-17,19-20,28-29,31H,1-10,27H2,(H,30,35). The molecule has 1 amide bonds. The van der Waals surface area contributed by atoms with Gasteiger partial charge < -0.3 is 16.4 Å². The molecule has 198 valence electrons. The van der Waals surface area contributed by atoms with Crippen LogP contribution in [0.5, 0.6) is 0 Å². The summed E-state index contributed by atoms with van der Waals surface area (Å²) in [7, 11) is 0. The quantitative estimate of drug-likeness (QED) is 0.306. The van der Waals surface area contributed by atoms with Crippen molar-refractivity contribution in [3.05, 3.63) is 0 Å². The number of amides is 1. The van der Waals surface area contributed by atoms with Crippen LogP contribution < -0.4 is 27.1 Å². The number of carbonyl (C=O) groups is 2. The molecule has 0 aromatic rings. The largest absolute Gasteiger partial charge is 0.350 e. The van der Waals surface area contributed by atoms with E-state index in [2.05, 4.69) is 21.4 Å². The van der Waals surface area contributed by atoms with Gasteiger partial charge in [-0.05, 0) is 25.9 Å². The van der Waals surface area contributed by atoms with Gasteiger partial charge in [0.1, 0.15) is 18.1 Å².